The van der Waals surface area contributed by atoms with E-state index in [0.29, 0.717) is 5.56 Å². The first-order chi connectivity index (χ1) is 12.7. The van der Waals surface area contributed by atoms with Crippen molar-refractivity contribution < 1.29 is 23.9 Å². The molecule has 0 bridgehead atoms. The van der Waals surface area contributed by atoms with Crippen LogP contribution in [0.1, 0.15) is 43.0 Å². The van der Waals surface area contributed by atoms with Crippen LogP contribution in [0.2, 0.25) is 0 Å². The Labute approximate surface area is 158 Å². The molecule has 0 aromatic heterocycles. The third-order valence-corrected chi connectivity index (χ3v) is 4.50. The van der Waals surface area contributed by atoms with E-state index in [4.69, 9.17) is 15.2 Å². The Hall–Kier alpha value is -3.15. The van der Waals surface area contributed by atoms with Crippen LogP contribution in [0, 0.1) is 27.7 Å². The van der Waals surface area contributed by atoms with E-state index < -0.39 is 18.5 Å². The fourth-order valence-corrected chi connectivity index (χ4v) is 2.91. The lowest BCUT2D eigenvalue weighted by atomic mass is 9.92. The van der Waals surface area contributed by atoms with Gasteiger partial charge in [0.15, 0.2) is 13.2 Å². The second-order valence-corrected chi connectivity index (χ2v) is 6.37. The van der Waals surface area contributed by atoms with Gasteiger partial charge >= 0.3 is 5.97 Å². The molecule has 0 fully saturated rings. The number of ether oxygens (including phenoxy) is 2. The van der Waals surface area contributed by atoms with Crippen LogP contribution in [0.4, 0.5) is 0 Å². The highest BCUT2D eigenvalue weighted by atomic mass is 16.6. The Kier molecular flexibility index (Phi) is 6.34. The molecule has 0 atom stereocenters. The summed E-state index contributed by atoms with van der Waals surface area (Å²) in [6, 6.07) is 8.26. The predicted octanol–water partition coefficient (Wildman–Crippen LogP) is 2.82. The predicted molar refractivity (Wildman–Crippen MR) is 101 cm³/mol. The summed E-state index contributed by atoms with van der Waals surface area (Å²) in [5.74, 6) is -1.44. The van der Waals surface area contributed by atoms with Crippen LogP contribution >= 0.6 is 0 Å². The molecule has 2 aromatic rings. The molecule has 6 heteroatoms. The Morgan fingerprint density at radius 3 is 2.26 bits per heavy atom. The van der Waals surface area contributed by atoms with Crippen LogP contribution in [-0.4, -0.2) is 30.9 Å². The molecule has 2 aromatic carbocycles. The van der Waals surface area contributed by atoms with Crippen molar-refractivity contribution >= 4 is 17.7 Å². The van der Waals surface area contributed by atoms with E-state index in [1.165, 1.54) is 12.1 Å². The van der Waals surface area contributed by atoms with Crippen LogP contribution in [0.5, 0.6) is 5.75 Å². The zero-order valence-corrected chi connectivity index (χ0v) is 15.9. The number of benzene rings is 2. The van der Waals surface area contributed by atoms with Crippen molar-refractivity contribution in [1.29, 1.82) is 0 Å². The number of esters is 1. The highest BCUT2D eigenvalue weighted by molar-refractivity contribution is 6.01. The van der Waals surface area contributed by atoms with Gasteiger partial charge in [0, 0.05) is 5.56 Å². The number of hydrogen-bond donors (Lipinski definition) is 1. The lowest BCUT2D eigenvalue weighted by Gasteiger charge is -2.14. The number of rotatable bonds is 7. The maximum absolute atomic E-state index is 12.5. The van der Waals surface area contributed by atoms with Gasteiger partial charge in [-0.1, -0.05) is 18.2 Å². The number of aryl methyl sites for hydroxylation is 2. The van der Waals surface area contributed by atoms with Crippen LogP contribution in [0.3, 0.4) is 0 Å². The number of nitrogens with two attached hydrogens (primary N) is 1. The summed E-state index contributed by atoms with van der Waals surface area (Å²) in [4.78, 5) is 35.7. The van der Waals surface area contributed by atoms with Crippen molar-refractivity contribution in [1.82, 2.24) is 0 Å². The topological polar surface area (TPSA) is 95.7 Å². The SMILES string of the molecule is Cc1cc(C)c(C(=O)COC(=O)COc2ccccc2C(N)=O)c(C)c1C. The second kappa shape index (κ2) is 8.49. The summed E-state index contributed by atoms with van der Waals surface area (Å²) in [7, 11) is 0. The third kappa shape index (κ3) is 4.73. The quantitative estimate of drug-likeness (QED) is 0.598. The molecule has 1 amide bonds. The van der Waals surface area contributed by atoms with Crippen molar-refractivity contribution in [3.8, 4) is 5.75 Å². The highest BCUT2D eigenvalue weighted by Gasteiger charge is 2.18. The summed E-state index contributed by atoms with van der Waals surface area (Å²) < 4.78 is 10.3. The average molecular weight is 369 g/mol. The number of primary amides is 1. The molecule has 27 heavy (non-hydrogen) atoms. The third-order valence-electron chi connectivity index (χ3n) is 4.50. The zero-order chi connectivity index (χ0) is 20.1. The molecule has 0 heterocycles. The van der Waals surface area contributed by atoms with Gasteiger partial charge < -0.3 is 15.2 Å². The second-order valence-electron chi connectivity index (χ2n) is 6.37. The minimum absolute atomic E-state index is 0.169. The molecule has 2 N–H and O–H groups in total. The lowest BCUT2D eigenvalue weighted by molar-refractivity contribution is -0.144. The summed E-state index contributed by atoms with van der Waals surface area (Å²) in [5, 5.41) is 0. The first-order valence-corrected chi connectivity index (χ1v) is 8.50. The van der Waals surface area contributed by atoms with Gasteiger partial charge in [-0.2, -0.15) is 0 Å². The van der Waals surface area contributed by atoms with Gasteiger partial charge in [0.25, 0.3) is 5.91 Å². The zero-order valence-electron chi connectivity index (χ0n) is 15.9. The number of carbonyl (C=O) groups is 3. The average Bonchev–Trinajstić information content (AvgIpc) is 2.63. The normalized spacial score (nSPS) is 10.4. The van der Waals surface area contributed by atoms with E-state index in [0.717, 1.165) is 22.3 Å². The lowest BCUT2D eigenvalue weighted by Crippen LogP contribution is -2.21. The van der Waals surface area contributed by atoms with Crippen molar-refractivity contribution in [3.63, 3.8) is 0 Å². The van der Waals surface area contributed by atoms with E-state index in [1.54, 1.807) is 12.1 Å². The van der Waals surface area contributed by atoms with E-state index >= 15 is 0 Å². The molecule has 0 aliphatic rings. The number of ketones is 1. The Balaban J connectivity index is 1.98. The van der Waals surface area contributed by atoms with Gasteiger partial charge in [0.1, 0.15) is 5.75 Å². The van der Waals surface area contributed by atoms with Gasteiger partial charge in [-0.25, -0.2) is 4.79 Å². The molecule has 0 aliphatic carbocycles. The molecule has 0 radical (unpaired) electrons. The number of carbonyl (C=O) groups excluding carboxylic acids is 3. The number of para-hydroxylation sites is 1. The molecule has 142 valence electrons. The minimum atomic E-state index is -0.707. The monoisotopic (exact) mass is 369 g/mol. The van der Waals surface area contributed by atoms with Gasteiger partial charge in [-0.05, 0) is 62.1 Å². The summed E-state index contributed by atoms with van der Waals surface area (Å²) in [6.07, 6.45) is 0. The standard InChI is InChI=1S/C21H23NO5/c1-12-9-13(2)20(15(4)14(12)3)17(23)10-27-19(24)11-26-18-8-6-5-7-16(18)21(22)25/h5-9H,10-11H2,1-4H3,(H2,22,25). The van der Waals surface area contributed by atoms with Crippen molar-refractivity contribution in [3.05, 3.63) is 63.7 Å². The molecule has 2 rings (SSSR count). The van der Waals surface area contributed by atoms with Crippen molar-refractivity contribution in [2.75, 3.05) is 13.2 Å². The van der Waals surface area contributed by atoms with Gasteiger partial charge in [0.2, 0.25) is 5.78 Å². The van der Waals surface area contributed by atoms with Crippen molar-refractivity contribution in [2.45, 2.75) is 27.7 Å². The van der Waals surface area contributed by atoms with Gasteiger partial charge in [-0.3, -0.25) is 9.59 Å². The molecular formula is C21H23NO5. The number of hydrogen-bond acceptors (Lipinski definition) is 5. The van der Waals surface area contributed by atoms with E-state index in [9.17, 15) is 14.4 Å². The summed E-state index contributed by atoms with van der Waals surface area (Å²) in [6.45, 7) is 6.89. The fourth-order valence-electron chi connectivity index (χ4n) is 2.91. The molecule has 0 spiro atoms. The maximum atomic E-state index is 12.5. The van der Waals surface area contributed by atoms with Gasteiger partial charge in [0.05, 0.1) is 5.56 Å². The number of Topliss-reactive ketones (excluding diaryl/α,β-unsaturated/α-hetero) is 1. The largest absolute Gasteiger partial charge is 0.481 e. The molecule has 0 aliphatic heterocycles. The van der Waals surface area contributed by atoms with Crippen LogP contribution < -0.4 is 10.5 Å². The summed E-state index contributed by atoms with van der Waals surface area (Å²) in [5.41, 5.74) is 9.89. The van der Waals surface area contributed by atoms with Gasteiger partial charge in [-0.15, -0.1) is 0 Å². The van der Waals surface area contributed by atoms with Crippen LogP contribution in [0.25, 0.3) is 0 Å². The van der Waals surface area contributed by atoms with Crippen LogP contribution in [0.15, 0.2) is 30.3 Å². The van der Waals surface area contributed by atoms with E-state index in [1.807, 2.05) is 33.8 Å². The van der Waals surface area contributed by atoms with Crippen LogP contribution in [-0.2, 0) is 9.53 Å². The first-order valence-electron chi connectivity index (χ1n) is 8.50. The number of amides is 1. The summed E-state index contributed by atoms with van der Waals surface area (Å²) >= 11 is 0. The molecular weight excluding hydrogens is 346 g/mol. The van der Waals surface area contributed by atoms with E-state index in [-0.39, 0.29) is 23.7 Å². The maximum Gasteiger partial charge on any atom is 0.344 e. The van der Waals surface area contributed by atoms with E-state index in [2.05, 4.69) is 0 Å². The molecule has 0 saturated heterocycles. The molecule has 6 nitrogen and oxygen atoms in total. The Bertz CT molecular complexity index is 902. The van der Waals surface area contributed by atoms with Crippen molar-refractivity contribution in [2.24, 2.45) is 5.73 Å². The Morgan fingerprint density at radius 1 is 0.926 bits per heavy atom. The molecule has 0 saturated carbocycles. The smallest absolute Gasteiger partial charge is 0.344 e. The first kappa shape index (κ1) is 20.2. The molecule has 0 unspecified atom stereocenters. The minimum Gasteiger partial charge on any atom is -0.481 e. The highest BCUT2D eigenvalue weighted by Crippen LogP contribution is 2.22. The Morgan fingerprint density at radius 2 is 1.59 bits per heavy atom. The fraction of sp³-hybridized carbons (Fsp3) is 0.286.